The Morgan fingerprint density at radius 1 is 0.355 bits per heavy atom. The van der Waals surface area contributed by atoms with Gasteiger partial charge in [0.2, 0.25) is 0 Å². The standard InChI is InChI=1S/C24H27N.3C2H6/c1-16-10-7-11-17(2)22(16)25(23-18(3)12-8-13-19(23)4)24-20(5)14-9-15-21(24)6;3*1-2/h7-15H,1-6H3;3*1-2H3. The molecule has 0 aliphatic heterocycles. The largest absolute Gasteiger partial charge is 0.309 e. The highest BCUT2D eigenvalue weighted by Crippen LogP contribution is 2.44. The third kappa shape index (κ3) is 6.72. The van der Waals surface area contributed by atoms with E-state index in [0.29, 0.717) is 0 Å². The Hall–Kier alpha value is -2.54. The van der Waals surface area contributed by atoms with Crippen molar-refractivity contribution in [1.29, 1.82) is 0 Å². The molecule has 0 radical (unpaired) electrons. The molecule has 0 saturated carbocycles. The zero-order valence-electron chi connectivity index (χ0n) is 22.1. The first-order chi connectivity index (χ1) is 14.9. The summed E-state index contributed by atoms with van der Waals surface area (Å²) in [5.74, 6) is 0. The highest BCUT2D eigenvalue weighted by molar-refractivity contribution is 5.86. The lowest BCUT2D eigenvalue weighted by Crippen LogP contribution is -2.17. The molecule has 0 bridgehead atoms. The average molecular weight is 420 g/mol. The van der Waals surface area contributed by atoms with E-state index in [0.717, 1.165) is 0 Å². The molecule has 0 saturated heterocycles. The third-order valence-electron chi connectivity index (χ3n) is 4.99. The van der Waals surface area contributed by atoms with Crippen LogP contribution in [-0.4, -0.2) is 0 Å². The Labute approximate surface area is 193 Å². The van der Waals surface area contributed by atoms with Crippen LogP contribution in [0, 0.1) is 41.5 Å². The van der Waals surface area contributed by atoms with E-state index in [1.807, 2.05) is 41.5 Å². The minimum absolute atomic E-state index is 1.29. The van der Waals surface area contributed by atoms with Crippen molar-refractivity contribution in [2.24, 2.45) is 0 Å². The van der Waals surface area contributed by atoms with Gasteiger partial charge in [0, 0.05) is 0 Å². The maximum atomic E-state index is 2.47. The number of rotatable bonds is 3. The number of para-hydroxylation sites is 3. The molecule has 0 amide bonds. The van der Waals surface area contributed by atoms with Crippen molar-refractivity contribution < 1.29 is 0 Å². The average Bonchev–Trinajstić information content (AvgIpc) is 2.77. The van der Waals surface area contributed by atoms with Crippen molar-refractivity contribution in [1.82, 2.24) is 0 Å². The van der Waals surface area contributed by atoms with Crippen molar-refractivity contribution in [3.63, 3.8) is 0 Å². The van der Waals surface area contributed by atoms with Crippen LogP contribution in [0.3, 0.4) is 0 Å². The van der Waals surface area contributed by atoms with Gasteiger partial charge in [-0.3, -0.25) is 0 Å². The summed E-state index contributed by atoms with van der Waals surface area (Å²) in [7, 11) is 0. The van der Waals surface area contributed by atoms with E-state index >= 15 is 0 Å². The summed E-state index contributed by atoms with van der Waals surface area (Å²) in [5.41, 5.74) is 11.6. The monoisotopic (exact) mass is 419 g/mol. The van der Waals surface area contributed by atoms with Crippen molar-refractivity contribution in [2.45, 2.75) is 83.1 Å². The molecule has 170 valence electrons. The van der Waals surface area contributed by atoms with Crippen LogP contribution < -0.4 is 4.90 Å². The molecule has 0 fully saturated rings. The first-order valence-electron chi connectivity index (χ1n) is 11.9. The van der Waals surface area contributed by atoms with E-state index in [9.17, 15) is 0 Å². The van der Waals surface area contributed by atoms with Crippen LogP contribution in [-0.2, 0) is 0 Å². The molecule has 1 nitrogen and oxygen atoms in total. The van der Waals surface area contributed by atoms with Crippen LogP contribution >= 0.6 is 0 Å². The van der Waals surface area contributed by atoms with Gasteiger partial charge in [-0.05, 0) is 74.9 Å². The van der Waals surface area contributed by atoms with Crippen molar-refractivity contribution in [3.05, 3.63) is 88.0 Å². The molecule has 3 rings (SSSR count). The fourth-order valence-corrected chi connectivity index (χ4v) is 3.81. The van der Waals surface area contributed by atoms with Crippen LogP contribution in [0.2, 0.25) is 0 Å². The van der Waals surface area contributed by atoms with Gasteiger partial charge < -0.3 is 4.90 Å². The van der Waals surface area contributed by atoms with E-state index in [2.05, 4.69) is 101 Å². The third-order valence-corrected chi connectivity index (χ3v) is 4.99. The molecule has 1 heteroatoms. The fraction of sp³-hybridized carbons (Fsp3) is 0.400. The molecule has 3 aromatic carbocycles. The maximum absolute atomic E-state index is 2.47. The predicted octanol–water partition coefficient (Wildman–Crippen LogP) is 10.1. The molecule has 31 heavy (non-hydrogen) atoms. The van der Waals surface area contributed by atoms with Gasteiger partial charge in [-0.1, -0.05) is 96.1 Å². The Morgan fingerprint density at radius 3 is 0.677 bits per heavy atom. The molecule has 0 aliphatic carbocycles. The SMILES string of the molecule is CC.CC.CC.Cc1cccc(C)c1N(c1c(C)cccc1C)c1c(C)cccc1C. The van der Waals surface area contributed by atoms with E-state index < -0.39 is 0 Å². The number of hydrogen-bond donors (Lipinski definition) is 0. The number of aryl methyl sites for hydroxylation is 6. The smallest absolute Gasteiger partial charge is 0.0520 e. The summed E-state index contributed by atoms with van der Waals surface area (Å²) in [6.07, 6.45) is 0. The van der Waals surface area contributed by atoms with Crippen LogP contribution in [0.25, 0.3) is 0 Å². The summed E-state index contributed by atoms with van der Waals surface area (Å²) < 4.78 is 0. The quantitative estimate of drug-likeness (QED) is 0.408. The van der Waals surface area contributed by atoms with Gasteiger partial charge in [-0.25, -0.2) is 0 Å². The second-order valence-corrected chi connectivity index (χ2v) is 7.06. The van der Waals surface area contributed by atoms with Crippen molar-refractivity contribution >= 4 is 17.1 Å². The van der Waals surface area contributed by atoms with Gasteiger partial charge >= 0.3 is 0 Å². The molecule has 0 atom stereocenters. The Bertz CT molecular complexity index is 739. The zero-order valence-corrected chi connectivity index (χ0v) is 22.1. The molecule has 0 heterocycles. The molecule has 0 unspecified atom stereocenters. The first-order valence-corrected chi connectivity index (χ1v) is 11.9. The number of benzene rings is 3. The lowest BCUT2D eigenvalue weighted by Gasteiger charge is -2.33. The Balaban J connectivity index is 0.00000138. The molecule has 0 aromatic heterocycles. The normalized spacial score (nSPS) is 9.29. The summed E-state index contributed by atoms with van der Waals surface area (Å²) in [6.45, 7) is 25.2. The van der Waals surface area contributed by atoms with E-state index in [-0.39, 0.29) is 0 Å². The molecule has 0 N–H and O–H groups in total. The molecular weight excluding hydrogens is 374 g/mol. The zero-order chi connectivity index (χ0) is 24.1. The van der Waals surface area contributed by atoms with Crippen LogP contribution in [0.5, 0.6) is 0 Å². The van der Waals surface area contributed by atoms with Crippen LogP contribution in [0.4, 0.5) is 17.1 Å². The lowest BCUT2D eigenvalue weighted by atomic mass is 9.99. The molecular formula is C30H45N. The number of hydrogen-bond acceptors (Lipinski definition) is 1. The highest BCUT2D eigenvalue weighted by Gasteiger charge is 2.22. The number of anilines is 3. The predicted molar refractivity (Wildman–Crippen MR) is 144 cm³/mol. The minimum Gasteiger partial charge on any atom is -0.309 e. The Kier molecular flexibility index (Phi) is 13.3. The van der Waals surface area contributed by atoms with Gasteiger partial charge in [0.15, 0.2) is 0 Å². The number of nitrogens with zero attached hydrogens (tertiary/aromatic N) is 1. The van der Waals surface area contributed by atoms with E-state index in [1.165, 1.54) is 50.4 Å². The molecule has 3 aromatic rings. The van der Waals surface area contributed by atoms with Gasteiger partial charge in [-0.2, -0.15) is 0 Å². The van der Waals surface area contributed by atoms with Gasteiger partial charge in [0.05, 0.1) is 17.1 Å². The second-order valence-electron chi connectivity index (χ2n) is 7.06. The van der Waals surface area contributed by atoms with E-state index in [4.69, 9.17) is 0 Å². The van der Waals surface area contributed by atoms with E-state index in [1.54, 1.807) is 0 Å². The topological polar surface area (TPSA) is 3.24 Å². The highest BCUT2D eigenvalue weighted by atomic mass is 15.2. The van der Waals surface area contributed by atoms with Gasteiger partial charge in [-0.15, -0.1) is 0 Å². The lowest BCUT2D eigenvalue weighted by molar-refractivity contribution is 1.15. The summed E-state index contributed by atoms with van der Waals surface area (Å²) >= 11 is 0. The minimum atomic E-state index is 1.29. The summed E-state index contributed by atoms with van der Waals surface area (Å²) in [5, 5.41) is 0. The first kappa shape index (κ1) is 28.5. The maximum Gasteiger partial charge on any atom is 0.0520 e. The van der Waals surface area contributed by atoms with Gasteiger partial charge in [0.1, 0.15) is 0 Å². The van der Waals surface area contributed by atoms with Crippen LogP contribution in [0.1, 0.15) is 74.9 Å². The second kappa shape index (κ2) is 14.5. The molecule has 0 aliphatic rings. The summed E-state index contributed by atoms with van der Waals surface area (Å²) in [4.78, 5) is 2.47. The van der Waals surface area contributed by atoms with Crippen molar-refractivity contribution in [3.8, 4) is 0 Å². The Morgan fingerprint density at radius 2 is 0.516 bits per heavy atom. The van der Waals surface area contributed by atoms with Crippen molar-refractivity contribution in [2.75, 3.05) is 4.90 Å². The van der Waals surface area contributed by atoms with Crippen LogP contribution in [0.15, 0.2) is 54.6 Å². The van der Waals surface area contributed by atoms with Gasteiger partial charge in [0.25, 0.3) is 0 Å². The fourth-order valence-electron chi connectivity index (χ4n) is 3.81. The molecule has 0 spiro atoms. The summed E-state index contributed by atoms with van der Waals surface area (Å²) in [6, 6.07) is 19.7.